The molecule has 1 atom stereocenters. The van der Waals surface area contributed by atoms with Gasteiger partial charge < -0.3 is 9.47 Å². The third-order valence-electron chi connectivity index (χ3n) is 3.57. The molecule has 0 aromatic heterocycles. The van der Waals surface area contributed by atoms with Crippen molar-refractivity contribution in [3.63, 3.8) is 0 Å². The second kappa shape index (κ2) is 16.4. The minimum atomic E-state index is -0.193. The van der Waals surface area contributed by atoms with E-state index in [-0.39, 0.29) is 12.1 Å². The Morgan fingerprint density at radius 1 is 1.00 bits per heavy atom. The number of carbonyl (C=O) groups excluding carboxylic acids is 1. The van der Waals surface area contributed by atoms with Gasteiger partial charge >= 0.3 is 5.97 Å². The van der Waals surface area contributed by atoms with Crippen LogP contribution in [0.4, 0.5) is 0 Å². The van der Waals surface area contributed by atoms with Crippen LogP contribution in [0.25, 0.3) is 0 Å². The highest BCUT2D eigenvalue weighted by molar-refractivity contribution is 5.69. The van der Waals surface area contributed by atoms with Crippen LogP contribution in [-0.2, 0) is 14.3 Å². The average Bonchev–Trinajstić information content (AvgIpc) is 2.54. The van der Waals surface area contributed by atoms with Crippen molar-refractivity contribution in [3.8, 4) is 11.8 Å². The van der Waals surface area contributed by atoms with Gasteiger partial charge in [0.2, 0.25) is 0 Å². The lowest BCUT2D eigenvalue weighted by Crippen LogP contribution is -2.14. The van der Waals surface area contributed by atoms with Crippen molar-refractivity contribution in [2.24, 2.45) is 0 Å². The zero-order chi connectivity index (χ0) is 16.5. The minimum Gasteiger partial charge on any atom is -0.469 e. The van der Waals surface area contributed by atoms with E-state index in [4.69, 9.17) is 4.74 Å². The second-order valence-corrected chi connectivity index (χ2v) is 5.67. The van der Waals surface area contributed by atoms with Crippen molar-refractivity contribution in [2.45, 2.75) is 90.6 Å². The fraction of sp³-hybridized carbons (Fsp3) is 0.842. The Morgan fingerprint density at radius 3 is 2.36 bits per heavy atom. The zero-order valence-corrected chi connectivity index (χ0v) is 14.8. The summed E-state index contributed by atoms with van der Waals surface area (Å²) in [7, 11) is 1.42. The summed E-state index contributed by atoms with van der Waals surface area (Å²) in [5, 5.41) is 0. The minimum absolute atomic E-state index is 0.134. The van der Waals surface area contributed by atoms with E-state index in [0.29, 0.717) is 19.4 Å². The van der Waals surface area contributed by atoms with Crippen LogP contribution in [0.5, 0.6) is 0 Å². The number of hydrogen-bond donors (Lipinski definition) is 0. The number of rotatable bonds is 13. The molecule has 3 nitrogen and oxygen atoms in total. The monoisotopic (exact) mass is 310 g/mol. The molecule has 0 amide bonds. The van der Waals surface area contributed by atoms with E-state index in [9.17, 15) is 4.79 Å². The van der Waals surface area contributed by atoms with Crippen LogP contribution in [-0.4, -0.2) is 25.8 Å². The molecule has 0 radical (unpaired) electrons. The Balaban J connectivity index is 3.94. The number of methoxy groups -OCH3 is 1. The molecule has 0 aromatic rings. The van der Waals surface area contributed by atoms with Gasteiger partial charge in [0.25, 0.3) is 0 Å². The van der Waals surface area contributed by atoms with E-state index in [2.05, 4.69) is 30.4 Å². The first-order valence-electron chi connectivity index (χ1n) is 8.91. The van der Waals surface area contributed by atoms with Crippen LogP contribution in [0.15, 0.2) is 0 Å². The highest BCUT2D eigenvalue weighted by Crippen LogP contribution is 2.07. The summed E-state index contributed by atoms with van der Waals surface area (Å²) in [5.74, 6) is 6.21. The molecule has 0 aliphatic heterocycles. The Labute approximate surface area is 137 Å². The average molecular weight is 310 g/mol. The molecule has 0 fully saturated rings. The van der Waals surface area contributed by atoms with Crippen LogP contribution in [0.2, 0.25) is 0 Å². The van der Waals surface area contributed by atoms with Crippen molar-refractivity contribution in [1.82, 2.24) is 0 Å². The van der Waals surface area contributed by atoms with Crippen molar-refractivity contribution >= 4 is 5.97 Å². The van der Waals surface area contributed by atoms with Gasteiger partial charge in [0.15, 0.2) is 0 Å². The fourth-order valence-corrected chi connectivity index (χ4v) is 2.10. The molecule has 0 heterocycles. The number of hydrogen-bond acceptors (Lipinski definition) is 3. The predicted molar refractivity (Wildman–Crippen MR) is 91.7 cm³/mol. The third-order valence-corrected chi connectivity index (χ3v) is 3.57. The summed E-state index contributed by atoms with van der Waals surface area (Å²) in [5.41, 5.74) is 0. The van der Waals surface area contributed by atoms with Crippen LogP contribution in [0, 0.1) is 11.8 Å². The molecule has 0 aliphatic rings. The molecular formula is C19H34O3. The van der Waals surface area contributed by atoms with Gasteiger partial charge in [0.05, 0.1) is 7.11 Å². The van der Waals surface area contributed by atoms with Crippen LogP contribution in [0.1, 0.15) is 84.5 Å². The van der Waals surface area contributed by atoms with Gasteiger partial charge in [-0.25, -0.2) is 0 Å². The lowest BCUT2D eigenvalue weighted by molar-refractivity contribution is -0.141. The zero-order valence-electron chi connectivity index (χ0n) is 14.8. The molecule has 0 saturated heterocycles. The summed E-state index contributed by atoms with van der Waals surface area (Å²) in [6.07, 6.45) is 11.6. The fourth-order valence-electron chi connectivity index (χ4n) is 2.10. The molecule has 3 heteroatoms. The van der Waals surface area contributed by atoms with Crippen molar-refractivity contribution < 1.29 is 14.3 Å². The molecular weight excluding hydrogens is 276 g/mol. The predicted octanol–water partition coefficient (Wildman–Crippen LogP) is 4.88. The van der Waals surface area contributed by atoms with Crippen molar-refractivity contribution in [1.29, 1.82) is 0 Å². The summed E-state index contributed by atoms with van der Waals surface area (Å²) in [6, 6.07) is 0. The lowest BCUT2D eigenvalue weighted by atomic mass is 10.1. The maximum Gasteiger partial charge on any atom is 0.305 e. The van der Waals surface area contributed by atoms with E-state index in [1.54, 1.807) is 0 Å². The molecule has 0 aliphatic carbocycles. The van der Waals surface area contributed by atoms with Gasteiger partial charge in [-0.05, 0) is 19.3 Å². The molecule has 1 unspecified atom stereocenters. The number of unbranched alkanes of at least 4 members (excludes halogenated alkanes) is 7. The Hall–Kier alpha value is -1.01. The van der Waals surface area contributed by atoms with Gasteiger partial charge in [0, 0.05) is 19.4 Å². The molecule has 128 valence electrons. The molecule has 22 heavy (non-hydrogen) atoms. The molecule has 0 aromatic carbocycles. The Morgan fingerprint density at radius 2 is 1.68 bits per heavy atom. The molecule has 0 saturated carbocycles. The first-order chi connectivity index (χ1) is 10.7. The van der Waals surface area contributed by atoms with Crippen LogP contribution < -0.4 is 0 Å². The van der Waals surface area contributed by atoms with E-state index >= 15 is 0 Å². The normalized spacial score (nSPS) is 11.6. The first-order valence-corrected chi connectivity index (χ1v) is 8.91. The van der Waals surface area contributed by atoms with E-state index in [1.165, 1.54) is 39.2 Å². The molecule has 0 N–H and O–H groups in total. The Bertz CT molecular complexity index is 314. The summed E-state index contributed by atoms with van der Waals surface area (Å²) in [4.78, 5) is 11.2. The van der Waals surface area contributed by atoms with Crippen LogP contribution >= 0.6 is 0 Å². The smallest absolute Gasteiger partial charge is 0.305 e. The molecule has 0 rings (SSSR count). The highest BCUT2D eigenvalue weighted by atomic mass is 16.5. The first kappa shape index (κ1) is 21.0. The largest absolute Gasteiger partial charge is 0.469 e. The summed E-state index contributed by atoms with van der Waals surface area (Å²) in [6.45, 7) is 5.09. The summed E-state index contributed by atoms with van der Waals surface area (Å²) >= 11 is 0. The maximum absolute atomic E-state index is 11.2. The quantitative estimate of drug-likeness (QED) is 0.276. The summed E-state index contributed by atoms with van der Waals surface area (Å²) < 4.78 is 10.4. The van der Waals surface area contributed by atoms with Gasteiger partial charge in [-0.1, -0.05) is 58.3 Å². The van der Waals surface area contributed by atoms with E-state index < -0.39 is 0 Å². The van der Waals surface area contributed by atoms with E-state index in [1.807, 2.05) is 0 Å². The number of esters is 1. The van der Waals surface area contributed by atoms with Crippen molar-refractivity contribution in [3.05, 3.63) is 0 Å². The van der Waals surface area contributed by atoms with E-state index in [0.717, 1.165) is 25.7 Å². The van der Waals surface area contributed by atoms with Crippen LogP contribution in [0.3, 0.4) is 0 Å². The standard InChI is InChI=1S/C19H34O3/c1-4-6-8-9-10-11-12-13-14-18(22-17-7-5-2)15-16-19(20)21-3/h18H,4-12,15-17H2,1-3H3. The van der Waals surface area contributed by atoms with Crippen molar-refractivity contribution in [2.75, 3.05) is 13.7 Å². The molecule has 0 spiro atoms. The highest BCUT2D eigenvalue weighted by Gasteiger charge is 2.09. The van der Waals surface area contributed by atoms with Gasteiger partial charge in [-0.15, -0.1) is 5.92 Å². The molecule has 0 bridgehead atoms. The second-order valence-electron chi connectivity index (χ2n) is 5.67. The van der Waals surface area contributed by atoms with Gasteiger partial charge in [-0.2, -0.15) is 0 Å². The number of ether oxygens (including phenoxy) is 2. The Kier molecular flexibility index (Phi) is 15.6. The number of carbonyl (C=O) groups is 1. The van der Waals surface area contributed by atoms with Gasteiger partial charge in [0.1, 0.15) is 6.10 Å². The SMILES string of the molecule is CCCCCCCCC#CC(CCC(=O)OC)OCCCC. The lowest BCUT2D eigenvalue weighted by Gasteiger charge is -2.11. The third kappa shape index (κ3) is 13.9. The maximum atomic E-state index is 11.2. The topological polar surface area (TPSA) is 35.5 Å². The van der Waals surface area contributed by atoms with Gasteiger partial charge in [-0.3, -0.25) is 4.79 Å².